The molecule has 7 nitrogen and oxygen atoms in total. The molecule has 1 atom stereocenters. The maximum atomic E-state index is 13.5. The number of likely N-dealkylation sites (tertiary alicyclic amines) is 1. The van der Waals surface area contributed by atoms with Gasteiger partial charge in [0.25, 0.3) is 11.6 Å². The molecular weight excluding hydrogens is 303 g/mol. The lowest BCUT2D eigenvalue weighted by atomic mass is 10.1. The van der Waals surface area contributed by atoms with Crippen molar-refractivity contribution >= 4 is 11.6 Å². The lowest BCUT2D eigenvalue weighted by molar-refractivity contribution is -0.385. The predicted octanol–water partition coefficient (Wildman–Crippen LogP) is 0.854. The van der Waals surface area contributed by atoms with E-state index < -0.39 is 16.4 Å². The first-order valence-corrected chi connectivity index (χ1v) is 7.73. The second kappa shape index (κ2) is 6.59. The van der Waals surface area contributed by atoms with Crippen LogP contribution < -0.4 is 5.32 Å². The summed E-state index contributed by atoms with van der Waals surface area (Å²) in [5.41, 5.74) is -0.358. The summed E-state index contributed by atoms with van der Waals surface area (Å²) in [5.74, 6) is -1.11. The molecule has 2 saturated heterocycles. The van der Waals surface area contributed by atoms with Gasteiger partial charge in [-0.05, 0) is 12.5 Å². The third-order valence-corrected chi connectivity index (χ3v) is 4.46. The van der Waals surface area contributed by atoms with Crippen LogP contribution in [0.4, 0.5) is 10.1 Å². The highest BCUT2D eigenvalue weighted by Crippen LogP contribution is 2.22. The van der Waals surface area contributed by atoms with Crippen LogP contribution in [0.3, 0.4) is 0 Å². The number of nitro benzene ring substituents is 1. The van der Waals surface area contributed by atoms with E-state index in [0.29, 0.717) is 19.1 Å². The second-order valence-electron chi connectivity index (χ2n) is 5.93. The summed E-state index contributed by atoms with van der Waals surface area (Å²) in [5, 5.41) is 14.1. The van der Waals surface area contributed by atoms with Crippen molar-refractivity contribution in [3.05, 3.63) is 39.7 Å². The normalized spacial score (nSPS) is 22.3. The molecule has 1 aromatic carbocycles. The minimum atomic E-state index is -0.764. The molecule has 1 unspecified atom stereocenters. The summed E-state index contributed by atoms with van der Waals surface area (Å²) in [6.45, 7) is 4.98. The molecule has 23 heavy (non-hydrogen) atoms. The van der Waals surface area contributed by atoms with Gasteiger partial charge >= 0.3 is 0 Å². The molecule has 2 heterocycles. The highest BCUT2D eigenvalue weighted by atomic mass is 19.1. The Morgan fingerprint density at radius 3 is 2.70 bits per heavy atom. The van der Waals surface area contributed by atoms with Crippen LogP contribution in [0.5, 0.6) is 0 Å². The Hall–Kier alpha value is -2.06. The quantitative estimate of drug-likeness (QED) is 0.659. The van der Waals surface area contributed by atoms with Crippen LogP contribution in [0, 0.1) is 15.9 Å². The number of non-ortho nitro benzene ring substituents is 1. The topological polar surface area (TPSA) is 78.7 Å². The van der Waals surface area contributed by atoms with Gasteiger partial charge in [0.15, 0.2) is 0 Å². The van der Waals surface area contributed by atoms with Gasteiger partial charge in [-0.15, -0.1) is 0 Å². The fourth-order valence-corrected chi connectivity index (χ4v) is 3.26. The summed E-state index contributed by atoms with van der Waals surface area (Å²) in [6, 6.07) is 3.34. The Morgan fingerprint density at radius 2 is 2.00 bits per heavy atom. The van der Waals surface area contributed by atoms with Gasteiger partial charge in [-0.25, -0.2) is 4.39 Å². The molecule has 1 aromatic rings. The average Bonchev–Trinajstić information content (AvgIpc) is 3.04. The molecule has 0 aliphatic carbocycles. The summed E-state index contributed by atoms with van der Waals surface area (Å²) in [7, 11) is 0. The van der Waals surface area contributed by atoms with E-state index in [9.17, 15) is 19.3 Å². The maximum Gasteiger partial charge on any atom is 0.273 e. The number of nitrogens with zero attached hydrogens (tertiary/aromatic N) is 3. The lowest BCUT2D eigenvalue weighted by Gasteiger charge is -2.32. The van der Waals surface area contributed by atoms with Crippen LogP contribution in [0.15, 0.2) is 18.2 Å². The van der Waals surface area contributed by atoms with Crippen molar-refractivity contribution < 1.29 is 14.1 Å². The average molecular weight is 322 g/mol. The largest absolute Gasteiger partial charge is 0.337 e. The number of nitro groups is 1. The van der Waals surface area contributed by atoms with E-state index in [0.717, 1.165) is 50.8 Å². The van der Waals surface area contributed by atoms with Crippen molar-refractivity contribution in [3.63, 3.8) is 0 Å². The van der Waals surface area contributed by atoms with Crippen molar-refractivity contribution in [2.45, 2.75) is 12.5 Å². The molecule has 8 heteroatoms. The van der Waals surface area contributed by atoms with E-state index in [1.54, 1.807) is 4.90 Å². The van der Waals surface area contributed by atoms with Gasteiger partial charge < -0.3 is 10.2 Å². The zero-order chi connectivity index (χ0) is 16.4. The maximum absolute atomic E-state index is 13.5. The molecule has 2 aliphatic heterocycles. The first-order valence-electron chi connectivity index (χ1n) is 7.73. The number of rotatable bonds is 3. The Balaban J connectivity index is 1.70. The Kier molecular flexibility index (Phi) is 4.53. The number of nitrogens with one attached hydrogen (secondary N) is 1. The van der Waals surface area contributed by atoms with E-state index in [1.807, 2.05) is 0 Å². The van der Waals surface area contributed by atoms with Crippen LogP contribution in [0.25, 0.3) is 0 Å². The van der Waals surface area contributed by atoms with E-state index in [2.05, 4.69) is 10.2 Å². The Morgan fingerprint density at radius 1 is 1.26 bits per heavy atom. The monoisotopic (exact) mass is 322 g/mol. The first kappa shape index (κ1) is 15.8. The molecule has 0 aromatic heterocycles. The molecule has 3 rings (SSSR count). The zero-order valence-corrected chi connectivity index (χ0v) is 12.7. The molecule has 1 amide bonds. The highest BCUT2D eigenvalue weighted by molar-refractivity contribution is 5.95. The van der Waals surface area contributed by atoms with E-state index in [1.165, 1.54) is 0 Å². The van der Waals surface area contributed by atoms with Crippen LogP contribution in [-0.2, 0) is 0 Å². The smallest absolute Gasteiger partial charge is 0.273 e. The summed E-state index contributed by atoms with van der Waals surface area (Å²) in [4.78, 5) is 26.6. The van der Waals surface area contributed by atoms with Crippen LogP contribution in [-0.4, -0.2) is 65.9 Å². The first-order chi connectivity index (χ1) is 11.0. The second-order valence-corrected chi connectivity index (χ2v) is 5.93. The fourth-order valence-electron chi connectivity index (χ4n) is 3.26. The van der Waals surface area contributed by atoms with E-state index >= 15 is 0 Å². The standard InChI is InChI=1S/C15H19FN4O3/c16-12-7-11(8-14(9-12)20(22)23)15(21)19-4-1-13(10-19)18-5-2-17-3-6-18/h7-9,13,17H,1-6,10H2. The van der Waals surface area contributed by atoms with Crippen molar-refractivity contribution in [1.29, 1.82) is 0 Å². The molecular formula is C15H19FN4O3. The van der Waals surface area contributed by atoms with E-state index in [-0.39, 0.29) is 11.5 Å². The van der Waals surface area contributed by atoms with Gasteiger partial charge in [0.1, 0.15) is 5.82 Å². The van der Waals surface area contributed by atoms with Crippen molar-refractivity contribution in [3.8, 4) is 0 Å². The number of amides is 1. The van der Waals surface area contributed by atoms with Gasteiger partial charge in [0, 0.05) is 56.9 Å². The zero-order valence-electron chi connectivity index (χ0n) is 12.7. The number of benzene rings is 1. The molecule has 0 radical (unpaired) electrons. The predicted molar refractivity (Wildman–Crippen MR) is 81.8 cm³/mol. The van der Waals surface area contributed by atoms with Gasteiger partial charge in [-0.3, -0.25) is 19.8 Å². The lowest BCUT2D eigenvalue weighted by Crippen LogP contribution is -2.49. The summed E-state index contributed by atoms with van der Waals surface area (Å²) >= 11 is 0. The van der Waals surface area contributed by atoms with Gasteiger partial charge in [0.05, 0.1) is 11.0 Å². The van der Waals surface area contributed by atoms with Crippen LogP contribution >= 0.6 is 0 Å². The number of hydrogen-bond donors (Lipinski definition) is 1. The number of carbonyl (C=O) groups excluding carboxylic acids is 1. The molecule has 124 valence electrons. The van der Waals surface area contributed by atoms with Crippen molar-refractivity contribution in [1.82, 2.24) is 15.1 Å². The SMILES string of the molecule is O=C(c1cc(F)cc([N+](=O)[O-])c1)N1CCC(N2CCNCC2)C1. The third-order valence-electron chi connectivity index (χ3n) is 4.46. The van der Waals surface area contributed by atoms with Gasteiger partial charge in [-0.1, -0.05) is 0 Å². The third kappa shape index (κ3) is 3.48. The number of carbonyl (C=O) groups is 1. The number of halogens is 1. The molecule has 0 bridgehead atoms. The molecule has 0 spiro atoms. The molecule has 2 fully saturated rings. The Labute approximate surface area is 133 Å². The van der Waals surface area contributed by atoms with Gasteiger partial charge in [0.2, 0.25) is 0 Å². The van der Waals surface area contributed by atoms with Crippen molar-refractivity contribution in [2.75, 3.05) is 39.3 Å². The minimum absolute atomic E-state index is 0.0395. The molecule has 2 aliphatic rings. The number of hydrogen-bond acceptors (Lipinski definition) is 5. The summed E-state index contributed by atoms with van der Waals surface area (Å²) < 4.78 is 13.5. The van der Waals surface area contributed by atoms with Gasteiger partial charge in [-0.2, -0.15) is 0 Å². The van der Waals surface area contributed by atoms with Crippen LogP contribution in [0.1, 0.15) is 16.8 Å². The molecule has 0 saturated carbocycles. The Bertz CT molecular complexity index is 619. The number of piperazine rings is 1. The van der Waals surface area contributed by atoms with Crippen LogP contribution in [0.2, 0.25) is 0 Å². The van der Waals surface area contributed by atoms with Crippen molar-refractivity contribution in [2.24, 2.45) is 0 Å². The minimum Gasteiger partial charge on any atom is -0.337 e. The fraction of sp³-hybridized carbons (Fsp3) is 0.533. The summed E-state index contributed by atoms with van der Waals surface area (Å²) in [6.07, 6.45) is 0.878. The highest BCUT2D eigenvalue weighted by Gasteiger charge is 2.31. The molecule has 1 N–H and O–H groups in total. The van der Waals surface area contributed by atoms with E-state index in [4.69, 9.17) is 0 Å².